The number of amides is 1. The van der Waals surface area contributed by atoms with Gasteiger partial charge in [0, 0.05) is 12.0 Å². The molecule has 2 aromatic rings. The van der Waals surface area contributed by atoms with Gasteiger partial charge in [-0.1, -0.05) is 6.07 Å². The summed E-state index contributed by atoms with van der Waals surface area (Å²) in [5.41, 5.74) is 7.10. The second kappa shape index (κ2) is 6.79. The fourth-order valence-electron chi connectivity index (χ4n) is 4.78. The number of nitrogens with two attached hydrogens (primary N) is 1. The molecule has 0 radical (unpaired) electrons. The first-order chi connectivity index (χ1) is 14.0. The van der Waals surface area contributed by atoms with Crippen molar-refractivity contribution < 1.29 is 23.4 Å². The van der Waals surface area contributed by atoms with Crippen molar-refractivity contribution in [3.8, 4) is 17.2 Å². The molecule has 1 saturated carbocycles. The van der Waals surface area contributed by atoms with E-state index < -0.39 is 5.91 Å². The highest BCUT2D eigenvalue weighted by Gasteiger charge is 2.47. The van der Waals surface area contributed by atoms with Crippen LogP contribution in [0.5, 0.6) is 17.2 Å². The average molecular weight is 395 g/mol. The Morgan fingerprint density at radius 1 is 1.10 bits per heavy atom. The third-order valence-corrected chi connectivity index (χ3v) is 6.30. The molecule has 1 spiro atoms. The van der Waals surface area contributed by atoms with Gasteiger partial charge in [0.1, 0.15) is 29.7 Å². The molecule has 1 amide bonds. The monoisotopic (exact) mass is 395 g/mol. The zero-order chi connectivity index (χ0) is 20.0. The summed E-state index contributed by atoms with van der Waals surface area (Å²) in [4.78, 5) is 12.0. The van der Waals surface area contributed by atoms with E-state index >= 15 is 0 Å². The van der Waals surface area contributed by atoms with Crippen LogP contribution in [0.4, 0.5) is 4.39 Å². The molecule has 5 nitrogen and oxygen atoms in total. The van der Waals surface area contributed by atoms with Crippen molar-refractivity contribution in [3.63, 3.8) is 0 Å². The Bertz CT molecular complexity index is 998. The van der Waals surface area contributed by atoms with Crippen LogP contribution in [-0.4, -0.2) is 11.5 Å². The van der Waals surface area contributed by atoms with Crippen LogP contribution in [0.25, 0.3) is 0 Å². The zero-order valence-electron chi connectivity index (χ0n) is 15.9. The number of hydrogen-bond donors (Lipinski definition) is 1. The summed E-state index contributed by atoms with van der Waals surface area (Å²) in [6.07, 6.45) is 6.88. The lowest BCUT2D eigenvalue weighted by molar-refractivity contribution is -0.118. The molecule has 2 aliphatic heterocycles. The summed E-state index contributed by atoms with van der Waals surface area (Å²) in [6.45, 7) is 0. The minimum atomic E-state index is -0.392. The summed E-state index contributed by atoms with van der Waals surface area (Å²) in [5, 5.41) is 0. The van der Waals surface area contributed by atoms with E-state index in [2.05, 4.69) is 0 Å². The Morgan fingerprint density at radius 3 is 2.59 bits per heavy atom. The van der Waals surface area contributed by atoms with Crippen molar-refractivity contribution >= 4 is 5.91 Å². The van der Waals surface area contributed by atoms with Crippen molar-refractivity contribution in [3.05, 3.63) is 65.9 Å². The van der Waals surface area contributed by atoms with Gasteiger partial charge >= 0.3 is 0 Å². The summed E-state index contributed by atoms with van der Waals surface area (Å²) >= 11 is 0. The molecule has 1 fully saturated rings. The van der Waals surface area contributed by atoms with Gasteiger partial charge in [-0.3, -0.25) is 4.79 Å². The van der Waals surface area contributed by atoms with Crippen LogP contribution in [-0.2, 0) is 4.79 Å². The van der Waals surface area contributed by atoms with Crippen LogP contribution >= 0.6 is 0 Å². The Balaban J connectivity index is 1.59. The molecule has 29 heavy (non-hydrogen) atoms. The molecule has 2 heterocycles. The largest absolute Gasteiger partial charge is 0.487 e. The van der Waals surface area contributed by atoms with Gasteiger partial charge < -0.3 is 19.9 Å². The highest BCUT2D eigenvalue weighted by atomic mass is 19.1. The quantitative estimate of drug-likeness (QED) is 0.827. The van der Waals surface area contributed by atoms with Crippen LogP contribution in [0.1, 0.15) is 55.1 Å². The molecular weight excluding hydrogens is 373 g/mol. The third kappa shape index (κ3) is 3.22. The lowest BCUT2D eigenvalue weighted by atomic mass is 9.66. The van der Waals surface area contributed by atoms with E-state index in [0.29, 0.717) is 17.2 Å². The van der Waals surface area contributed by atoms with Gasteiger partial charge in [-0.2, -0.15) is 0 Å². The second-order valence-electron chi connectivity index (χ2n) is 8.12. The van der Waals surface area contributed by atoms with Crippen molar-refractivity contribution in [2.75, 3.05) is 0 Å². The van der Waals surface area contributed by atoms with Crippen LogP contribution in [0.3, 0.4) is 0 Å². The Hall–Kier alpha value is -3.02. The third-order valence-electron chi connectivity index (χ3n) is 6.30. The van der Waals surface area contributed by atoms with Crippen molar-refractivity contribution in [1.29, 1.82) is 0 Å². The van der Waals surface area contributed by atoms with E-state index in [0.717, 1.165) is 36.8 Å². The SMILES string of the molecule is NC(=O)CC(c1ccc2c(c1)OC=CO2)C1CC2(CCC2)Oc2ccc(F)cc21. The number of carbonyl (C=O) groups is 1. The number of hydrogen-bond acceptors (Lipinski definition) is 4. The standard InChI is InChI=1S/C23H22FNO4/c24-15-3-5-19-17(11-15)18(13-23(29-19)6-1-7-23)16(12-22(25)26)14-2-4-20-21(10-14)28-9-8-27-20/h2-5,8-11,16,18H,1,6-7,12-13H2,(H2,25,26). The first-order valence-electron chi connectivity index (χ1n) is 9.92. The number of carbonyl (C=O) groups excluding carboxylic acids is 1. The van der Waals surface area contributed by atoms with Crippen molar-refractivity contribution in [2.24, 2.45) is 5.73 Å². The summed E-state index contributed by atoms with van der Waals surface area (Å²) < 4.78 is 31.4. The van der Waals surface area contributed by atoms with E-state index in [1.165, 1.54) is 24.7 Å². The van der Waals surface area contributed by atoms with Gasteiger partial charge in [0.05, 0.1) is 0 Å². The zero-order valence-corrected chi connectivity index (χ0v) is 15.9. The topological polar surface area (TPSA) is 70.8 Å². The Morgan fingerprint density at radius 2 is 1.86 bits per heavy atom. The Kier molecular flexibility index (Phi) is 4.23. The van der Waals surface area contributed by atoms with Gasteiger partial charge in [-0.25, -0.2) is 4.39 Å². The number of primary amides is 1. The molecule has 1 aliphatic carbocycles. The maximum absolute atomic E-state index is 14.1. The van der Waals surface area contributed by atoms with E-state index in [1.807, 2.05) is 18.2 Å². The minimum Gasteiger partial charge on any atom is -0.487 e. The molecule has 5 rings (SSSR count). The van der Waals surface area contributed by atoms with Gasteiger partial charge in [0.15, 0.2) is 11.5 Å². The van der Waals surface area contributed by atoms with Gasteiger partial charge in [0.2, 0.25) is 5.91 Å². The summed E-state index contributed by atoms with van der Waals surface area (Å²) in [7, 11) is 0. The maximum Gasteiger partial charge on any atom is 0.218 e. The number of rotatable bonds is 4. The van der Waals surface area contributed by atoms with Gasteiger partial charge in [0.25, 0.3) is 0 Å². The molecule has 150 valence electrons. The molecule has 3 aliphatic rings. The second-order valence-corrected chi connectivity index (χ2v) is 8.12. The highest BCUT2D eigenvalue weighted by molar-refractivity contribution is 5.75. The van der Waals surface area contributed by atoms with E-state index in [1.54, 1.807) is 6.07 Å². The number of benzene rings is 2. The summed E-state index contributed by atoms with van der Waals surface area (Å²) in [6, 6.07) is 10.3. The first-order valence-corrected chi connectivity index (χ1v) is 9.92. The highest BCUT2D eigenvalue weighted by Crippen LogP contribution is 2.54. The molecule has 2 N–H and O–H groups in total. The molecular formula is C23H22FNO4. The minimum absolute atomic E-state index is 0.0830. The van der Waals surface area contributed by atoms with Crippen molar-refractivity contribution in [1.82, 2.24) is 0 Å². The van der Waals surface area contributed by atoms with E-state index in [9.17, 15) is 9.18 Å². The molecule has 6 heteroatoms. The normalized spacial score (nSPS) is 21.6. The lowest BCUT2D eigenvalue weighted by Gasteiger charge is -2.49. The number of ether oxygens (including phenoxy) is 3. The first kappa shape index (κ1) is 18.0. The van der Waals surface area contributed by atoms with Gasteiger partial charge in [-0.15, -0.1) is 0 Å². The van der Waals surface area contributed by atoms with Crippen LogP contribution in [0.15, 0.2) is 48.9 Å². The fourth-order valence-corrected chi connectivity index (χ4v) is 4.78. The van der Waals surface area contributed by atoms with Crippen molar-refractivity contribution in [2.45, 2.75) is 49.5 Å². The number of fused-ring (bicyclic) bond motifs is 2. The van der Waals surface area contributed by atoms with Crippen LogP contribution < -0.4 is 19.9 Å². The smallest absolute Gasteiger partial charge is 0.218 e. The van der Waals surface area contributed by atoms with Gasteiger partial charge in [-0.05, 0) is 73.4 Å². The average Bonchev–Trinajstić information content (AvgIpc) is 2.70. The molecule has 0 aromatic heterocycles. The van der Waals surface area contributed by atoms with E-state index in [4.69, 9.17) is 19.9 Å². The molecule has 2 unspecified atom stereocenters. The van der Waals surface area contributed by atoms with E-state index in [-0.39, 0.29) is 29.7 Å². The predicted molar refractivity (Wildman–Crippen MR) is 104 cm³/mol. The molecule has 0 bridgehead atoms. The number of halogens is 1. The summed E-state index contributed by atoms with van der Waals surface area (Å²) in [5.74, 6) is 0.906. The van der Waals surface area contributed by atoms with Crippen LogP contribution in [0.2, 0.25) is 0 Å². The maximum atomic E-state index is 14.1. The fraction of sp³-hybridized carbons (Fsp3) is 0.348. The Labute approximate surface area is 168 Å². The molecule has 2 aromatic carbocycles. The predicted octanol–water partition coefficient (Wildman–Crippen LogP) is 4.52. The lowest BCUT2D eigenvalue weighted by Crippen LogP contribution is -2.47. The van der Waals surface area contributed by atoms with Crippen LogP contribution in [0, 0.1) is 5.82 Å². The molecule has 0 saturated heterocycles. The molecule has 2 atom stereocenters.